The fourth-order valence-corrected chi connectivity index (χ4v) is 2.69. The third-order valence-corrected chi connectivity index (χ3v) is 3.80. The van der Waals surface area contributed by atoms with Crippen molar-refractivity contribution in [2.75, 3.05) is 20.3 Å². The number of carbonyl (C=O) groups excluding carboxylic acids is 3. The van der Waals surface area contributed by atoms with Gasteiger partial charge < -0.3 is 9.47 Å². The zero-order chi connectivity index (χ0) is 16.1. The number of nitrogens with zero attached hydrogens (tertiary/aromatic N) is 1. The lowest BCUT2D eigenvalue weighted by atomic mass is 10.2. The zero-order valence-electron chi connectivity index (χ0n) is 12.2. The maximum Gasteiger partial charge on any atom is 0.325 e. The Morgan fingerprint density at radius 2 is 2.05 bits per heavy atom. The SMILES string of the molecule is CCOc1ccccc1/C=C1\SC(=O)N(CC(=O)OC)C1=O. The van der Waals surface area contributed by atoms with Crippen LogP contribution in [0.25, 0.3) is 6.08 Å². The van der Waals surface area contributed by atoms with E-state index in [2.05, 4.69) is 4.74 Å². The van der Waals surface area contributed by atoms with Gasteiger partial charge in [-0.1, -0.05) is 18.2 Å². The first kappa shape index (κ1) is 16.1. The molecule has 1 aromatic carbocycles. The van der Waals surface area contributed by atoms with Gasteiger partial charge >= 0.3 is 5.97 Å². The van der Waals surface area contributed by atoms with Gasteiger partial charge in [-0.2, -0.15) is 0 Å². The Morgan fingerprint density at radius 3 is 2.73 bits per heavy atom. The van der Waals surface area contributed by atoms with E-state index in [0.717, 1.165) is 16.7 Å². The van der Waals surface area contributed by atoms with Gasteiger partial charge in [0.05, 0.1) is 18.6 Å². The van der Waals surface area contributed by atoms with Crippen molar-refractivity contribution in [2.24, 2.45) is 0 Å². The number of methoxy groups -OCH3 is 1. The molecule has 2 amide bonds. The molecule has 116 valence electrons. The van der Waals surface area contributed by atoms with E-state index in [1.165, 1.54) is 7.11 Å². The number of benzene rings is 1. The minimum absolute atomic E-state index is 0.251. The van der Waals surface area contributed by atoms with E-state index in [4.69, 9.17) is 4.74 Å². The number of hydrogen-bond donors (Lipinski definition) is 0. The first-order valence-corrected chi connectivity index (χ1v) is 7.42. The molecule has 0 unspecified atom stereocenters. The average molecular weight is 321 g/mol. The van der Waals surface area contributed by atoms with Gasteiger partial charge in [0.15, 0.2) is 0 Å². The molecule has 0 N–H and O–H groups in total. The molecular weight excluding hydrogens is 306 g/mol. The van der Waals surface area contributed by atoms with Gasteiger partial charge in [-0.15, -0.1) is 0 Å². The van der Waals surface area contributed by atoms with E-state index < -0.39 is 17.1 Å². The van der Waals surface area contributed by atoms with E-state index in [1.807, 2.05) is 19.1 Å². The van der Waals surface area contributed by atoms with Gasteiger partial charge in [-0.25, -0.2) is 0 Å². The number of carbonyl (C=O) groups is 3. The highest BCUT2D eigenvalue weighted by Crippen LogP contribution is 2.33. The third kappa shape index (κ3) is 3.48. The molecule has 0 aliphatic carbocycles. The van der Waals surface area contributed by atoms with Crippen LogP contribution < -0.4 is 4.74 Å². The van der Waals surface area contributed by atoms with Gasteiger partial charge in [0.2, 0.25) is 0 Å². The number of rotatable bonds is 5. The lowest BCUT2D eigenvalue weighted by Crippen LogP contribution is -2.34. The van der Waals surface area contributed by atoms with E-state index in [0.29, 0.717) is 17.9 Å². The predicted molar refractivity (Wildman–Crippen MR) is 82.3 cm³/mol. The standard InChI is InChI=1S/C15H15NO5S/c1-3-21-11-7-5-4-6-10(11)8-12-14(18)16(15(19)22-12)9-13(17)20-2/h4-8H,3,9H2,1-2H3/b12-8-. The molecule has 2 rings (SSSR count). The van der Waals surface area contributed by atoms with Crippen LogP contribution in [0.2, 0.25) is 0 Å². The summed E-state index contributed by atoms with van der Waals surface area (Å²) >= 11 is 0.791. The van der Waals surface area contributed by atoms with Crippen LogP contribution in [0.1, 0.15) is 12.5 Å². The summed E-state index contributed by atoms with van der Waals surface area (Å²) in [6, 6.07) is 7.21. The summed E-state index contributed by atoms with van der Waals surface area (Å²) in [4.78, 5) is 36.4. The minimum Gasteiger partial charge on any atom is -0.493 e. The van der Waals surface area contributed by atoms with Crippen LogP contribution in [0.4, 0.5) is 4.79 Å². The molecule has 0 saturated carbocycles. The van der Waals surface area contributed by atoms with Gasteiger partial charge in [-0.3, -0.25) is 19.3 Å². The van der Waals surface area contributed by atoms with Gasteiger partial charge in [0, 0.05) is 5.56 Å². The molecule has 1 aromatic rings. The quantitative estimate of drug-likeness (QED) is 0.612. The first-order chi connectivity index (χ1) is 10.6. The average Bonchev–Trinajstić information content (AvgIpc) is 2.77. The summed E-state index contributed by atoms with van der Waals surface area (Å²) in [5, 5.41) is -0.490. The molecule has 22 heavy (non-hydrogen) atoms. The second kappa shape index (κ2) is 7.13. The van der Waals surface area contributed by atoms with E-state index >= 15 is 0 Å². The topological polar surface area (TPSA) is 72.9 Å². The molecule has 0 aromatic heterocycles. The molecule has 0 bridgehead atoms. The molecule has 7 heteroatoms. The number of hydrogen-bond acceptors (Lipinski definition) is 6. The van der Waals surface area contributed by atoms with Crippen molar-refractivity contribution in [1.82, 2.24) is 4.90 Å². The lowest BCUT2D eigenvalue weighted by Gasteiger charge is -2.10. The van der Waals surface area contributed by atoms with E-state index in [1.54, 1.807) is 18.2 Å². The Kier molecular flexibility index (Phi) is 5.21. The molecule has 0 atom stereocenters. The highest BCUT2D eigenvalue weighted by Gasteiger charge is 2.36. The predicted octanol–water partition coefficient (Wildman–Crippen LogP) is 2.29. The number of ether oxygens (including phenoxy) is 2. The summed E-state index contributed by atoms with van der Waals surface area (Å²) in [6.07, 6.45) is 1.59. The van der Waals surface area contributed by atoms with Crippen LogP contribution in [-0.2, 0) is 14.3 Å². The summed E-state index contributed by atoms with van der Waals surface area (Å²) in [6.45, 7) is 1.97. The molecule has 0 spiro atoms. The van der Waals surface area contributed by atoms with E-state index in [-0.39, 0.29) is 11.4 Å². The third-order valence-electron chi connectivity index (χ3n) is 2.89. The van der Waals surface area contributed by atoms with Crippen molar-refractivity contribution in [2.45, 2.75) is 6.92 Å². The van der Waals surface area contributed by atoms with Crippen molar-refractivity contribution >= 4 is 35.0 Å². The summed E-state index contributed by atoms with van der Waals surface area (Å²) in [7, 11) is 1.20. The van der Waals surface area contributed by atoms with Crippen LogP contribution in [0.15, 0.2) is 29.2 Å². The highest BCUT2D eigenvalue weighted by atomic mass is 32.2. The first-order valence-electron chi connectivity index (χ1n) is 6.60. The number of imide groups is 1. The summed E-state index contributed by atoms with van der Waals surface area (Å²) < 4.78 is 9.96. The van der Waals surface area contributed by atoms with Gasteiger partial charge in [0.1, 0.15) is 12.3 Å². The monoisotopic (exact) mass is 321 g/mol. The lowest BCUT2D eigenvalue weighted by molar-refractivity contribution is -0.143. The molecular formula is C15H15NO5S. The summed E-state index contributed by atoms with van der Waals surface area (Å²) in [5.41, 5.74) is 0.702. The second-order valence-electron chi connectivity index (χ2n) is 4.31. The van der Waals surface area contributed by atoms with Crippen molar-refractivity contribution in [1.29, 1.82) is 0 Å². The molecule has 1 aliphatic rings. The number of esters is 1. The normalized spacial score (nSPS) is 16.3. The molecule has 1 heterocycles. The van der Waals surface area contributed by atoms with Crippen molar-refractivity contribution < 1.29 is 23.9 Å². The minimum atomic E-state index is -0.640. The smallest absolute Gasteiger partial charge is 0.325 e. The zero-order valence-corrected chi connectivity index (χ0v) is 13.0. The van der Waals surface area contributed by atoms with Crippen LogP contribution in [0.3, 0.4) is 0 Å². The fourth-order valence-electron chi connectivity index (χ4n) is 1.86. The molecule has 1 fully saturated rings. The van der Waals surface area contributed by atoms with E-state index in [9.17, 15) is 14.4 Å². The Bertz CT molecular complexity index is 641. The Labute approximate surface area is 132 Å². The van der Waals surface area contributed by atoms with Gasteiger partial charge in [-0.05, 0) is 30.8 Å². The van der Waals surface area contributed by atoms with Crippen LogP contribution in [-0.4, -0.2) is 42.3 Å². The Hall–Kier alpha value is -2.28. The molecule has 1 aliphatic heterocycles. The molecule has 6 nitrogen and oxygen atoms in total. The van der Waals surface area contributed by atoms with Gasteiger partial charge in [0.25, 0.3) is 11.1 Å². The summed E-state index contributed by atoms with van der Waals surface area (Å²) in [5.74, 6) is -0.519. The Morgan fingerprint density at radius 1 is 1.32 bits per heavy atom. The largest absolute Gasteiger partial charge is 0.493 e. The molecule has 0 radical (unpaired) electrons. The fraction of sp³-hybridized carbons (Fsp3) is 0.267. The van der Waals surface area contributed by atoms with Crippen molar-refractivity contribution in [3.8, 4) is 5.75 Å². The molecule has 1 saturated heterocycles. The van der Waals surface area contributed by atoms with Crippen LogP contribution in [0, 0.1) is 0 Å². The Balaban J connectivity index is 2.25. The number of para-hydroxylation sites is 1. The van der Waals surface area contributed by atoms with Crippen LogP contribution >= 0.6 is 11.8 Å². The van der Waals surface area contributed by atoms with Crippen molar-refractivity contribution in [3.05, 3.63) is 34.7 Å². The van der Waals surface area contributed by atoms with Crippen LogP contribution in [0.5, 0.6) is 5.75 Å². The second-order valence-corrected chi connectivity index (χ2v) is 5.31. The maximum absolute atomic E-state index is 12.2. The highest BCUT2D eigenvalue weighted by molar-refractivity contribution is 8.18. The number of thioether (sulfide) groups is 1. The maximum atomic E-state index is 12.2. The number of amides is 2. The van der Waals surface area contributed by atoms with Crippen molar-refractivity contribution in [3.63, 3.8) is 0 Å².